The number of nitrogens with zero attached hydrogens (tertiary/aromatic N) is 2. The van der Waals surface area contributed by atoms with Gasteiger partial charge in [-0.25, -0.2) is 0 Å². The van der Waals surface area contributed by atoms with Gasteiger partial charge in [0.25, 0.3) is 0 Å². The molecule has 0 aromatic carbocycles. The topological polar surface area (TPSA) is 24.7 Å². The molecule has 0 saturated carbocycles. The molecule has 8 heavy (non-hydrogen) atoms. The van der Waals surface area contributed by atoms with Crippen LogP contribution in [0.3, 0.4) is 0 Å². The smallest absolute Gasteiger partial charge is 0.131 e. The molecule has 0 aromatic heterocycles. The lowest BCUT2D eigenvalue weighted by atomic mass is 10.5. The van der Waals surface area contributed by atoms with Crippen molar-refractivity contribution < 1.29 is 0 Å². The van der Waals surface area contributed by atoms with Crippen molar-refractivity contribution in [3.05, 3.63) is 0 Å². The summed E-state index contributed by atoms with van der Waals surface area (Å²) < 4.78 is 0. The normalized spacial score (nSPS) is 18.2. The van der Waals surface area contributed by atoms with Crippen molar-refractivity contribution in [2.45, 2.75) is 6.92 Å². The van der Waals surface area contributed by atoms with E-state index in [1.807, 2.05) is 13.2 Å². The molecule has 0 atom stereocenters. The van der Waals surface area contributed by atoms with Crippen molar-refractivity contribution in [1.29, 1.82) is 0 Å². The lowest BCUT2D eigenvalue weighted by molar-refractivity contribution is 1.10. The van der Waals surface area contributed by atoms with Gasteiger partial charge in [-0.2, -0.15) is 0 Å². The summed E-state index contributed by atoms with van der Waals surface area (Å²) in [5.74, 6) is 0. The highest BCUT2D eigenvalue weighted by Gasteiger charge is 2.04. The van der Waals surface area contributed by atoms with Gasteiger partial charge in [0.05, 0.1) is 5.71 Å². The van der Waals surface area contributed by atoms with Crippen LogP contribution in [0, 0.1) is 0 Å². The van der Waals surface area contributed by atoms with E-state index in [0.717, 1.165) is 10.8 Å². The zero-order chi connectivity index (χ0) is 5.98. The molecule has 0 radical (unpaired) electrons. The number of hydrogen-bond donors (Lipinski definition) is 0. The molecule has 0 spiro atoms. The van der Waals surface area contributed by atoms with Gasteiger partial charge < -0.3 is 0 Å². The van der Waals surface area contributed by atoms with Crippen LogP contribution in [0.1, 0.15) is 6.92 Å². The quantitative estimate of drug-likeness (QED) is 0.481. The zero-order valence-corrected chi connectivity index (χ0v) is 5.83. The van der Waals surface area contributed by atoms with Gasteiger partial charge in [-0.15, -0.1) is 11.8 Å². The van der Waals surface area contributed by atoms with Gasteiger partial charge in [-0.3, -0.25) is 9.98 Å². The number of hydrogen-bond acceptors (Lipinski definition) is 3. The van der Waals surface area contributed by atoms with E-state index in [2.05, 4.69) is 9.98 Å². The lowest BCUT2D eigenvalue weighted by Gasteiger charge is -1.89. The third-order valence-electron chi connectivity index (χ3n) is 1.03. The minimum atomic E-state index is 0.641. The Morgan fingerprint density at radius 1 is 1.50 bits per heavy atom. The Bertz CT molecular complexity index is 149. The van der Waals surface area contributed by atoms with Gasteiger partial charge >= 0.3 is 0 Å². The first-order valence-electron chi connectivity index (χ1n) is 2.44. The molecule has 0 aromatic rings. The van der Waals surface area contributed by atoms with Gasteiger partial charge in [-0.05, 0) is 13.2 Å². The molecule has 44 valence electrons. The summed E-state index contributed by atoms with van der Waals surface area (Å²) in [5.41, 5.74) is 1.08. The summed E-state index contributed by atoms with van der Waals surface area (Å²) >= 11 is 1.66. The van der Waals surface area contributed by atoms with E-state index < -0.39 is 0 Å². The Morgan fingerprint density at radius 3 is 2.50 bits per heavy atom. The standard InChI is InChI=1S/C5H8N2S/c1-4-5(8-2)7-3-6-4/h3H2,1-2H3. The summed E-state index contributed by atoms with van der Waals surface area (Å²) in [6.45, 7) is 2.63. The van der Waals surface area contributed by atoms with Gasteiger partial charge in [0.2, 0.25) is 0 Å². The second-order valence-corrected chi connectivity index (χ2v) is 2.35. The third kappa shape index (κ3) is 0.916. The molecule has 0 bridgehead atoms. The minimum Gasteiger partial charge on any atom is -0.264 e. The summed E-state index contributed by atoms with van der Waals surface area (Å²) in [5, 5.41) is 1.09. The fraction of sp³-hybridized carbons (Fsp3) is 0.600. The fourth-order valence-corrected chi connectivity index (χ4v) is 1.15. The van der Waals surface area contributed by atoms with E-state index in [1.165, 1.54) is 0 Å². The molecule has 1 aliphatic rings. The van der Waals surface area contributed by atoms with Crippen molar-refractivity contribution in [3.8, 4) is 0 Å². The number of thioether (sulfide) groups is 1. The Morgan fingerprint density at radius 2 is 2.25 bits per heavy atom. The van der Waals surface area contributed by atoms with Gasteiger partial charge in [0.1, 0.15) is 11.7 Å². The molecule has 0 aliphatic carbocycles. The monoisotopic (exact) mass is 128 g/mol. The summed E-state index contributed by atoms with van der Waals surface area (Å²) in [6.07, 6.45) is 2.02. The van der Waals surface area contributed by atoms with Crippen LogP contribution >= 0.6 is 11.8 Å². The molecule has 1 aliphatic heterocycles. The molecule has 3 heteroatoms. The van der Waals surface area contributed by atoms with Crippen LogP contribution in [0.4, 0.5) is 0 Å². The van der Waals surface area contributed by atoms with Crippen LogP contribution in [-0.2, 0) is 0 Å². The van der Waals surface area contributed by atoms with Crippen LogP contribution in [0.5, 0.6) is 0 Å². The molecule has 0 unspecified atom stereocenters. The van der Waals surface area contributed by atoms with Crippen molar-refractivity contribution in [2.75, 3.05) is 12.9 Å². The molecular formula is C5H8N2S. The molecule has 0 saturated heterocycles. The maximum Gasteiger partial charge on any atom is 0.131 e. The maximum atomic E-state index is 4.11. The molecule has 0 N–H and O–H groups in total. The SMILES string of the molecule is CSC1=NCN=C1C. The van der Waals surface area contributed by atoms with Crippen LogP contribution in [0.25, 0.3) is 0 Å². The molecule has 0 amide bonds. The first kappa shape index (κ1) is 5.82. The van der Waals surface area contributed by atoms with Crippen LogP contribution in [-0.4, -0.2) is 23.7 Å². The van der Waals surface area contributed by atoms with E-state index in [1.54, 1.807) is 11.8 Å². The summed E-state index contributed by atoms with van der Waals surface area (Å²) in [4.78, 5) is 8.19. The largest absolute Gasteiger partial charge is 0.264 e. The number of aliphatic imine (C=N–C) groups is 2. The number of rotatable bonds is 0. The van der Waals surface area contributed by atoms with Crippen LogP contribution < -0.4 is 0 Å². The summed E-state index contributed by atoms with van der Waals surface area (Å²) in [6, 6.07) is 0. The second kappa shape index (κ2) is 2.31. The van der Waals surface area contributed by atoms with Gasteiger partial charge in [0.15, 0.2) is 0 Å². The van der Waals surface area contributed by atoms with Crippen LogP contribution in [0.2, 0.25) is 0 Å². The van der Waals surface area contributed by atoms with E-state index in [4.69, 9.17) is 0 Å². The zero-order valence-electron chi connectivity index (χ0n) is 5.01. The third-order valence-corrected chi connectivity index (χ3v) is 1.84. The lowest BCUT2D eigenvalue weighted by Crippen LogP contribution is -1.98. The highest BCUT2D eigenvalue weighted by atomic mass is 32.2. The Hall–Kier alpha value is -0.310. The van der Waals surface area contributed by atoms with E-state index in [0.29, 0.717) is 6.67 Å². The molecule has 2 nitrogen and oxygen atoms in total. The Labute approximate surface area is 53.1 Å². The molecule has 1 rings (SSSR count). The average molecular weight is 128 g/mol. The van der Waals surface area contributed by atoms with E-state index in [-0.39, 0.29) is 0 Å². The van der Waals surface area contributed by atoms with E-state index in [9.17, 15) is 0 Å². The molecular weight excluding hydrogens is 120 g/mol. The maximum absolute atomic E-state index is 4.11. The van der Waals surface area contributed by atoms with Crippen molar-refractivity contribution >= 4 is 22.5 Å². The van der Waals surface area contributed by atoms with E-state index >= 15 is 0 Å². The molecule has 1 heterocycles. The fourth-order valence-electron chi connectivity index (χ4n) is 0.600. The first-order chi connectivity index (χ1) is 3.84. The van der Waals surface area contributed by atoms with Crippen molar-refractivity contribution in [3.63, 3.8) is 0 Å². The first-order valence-corrected chi connectivity index (χ1v) is 3.67. The minimum absolute atomic E-state index is 0.641. The predicted molar refractivity (Wildman–Crippen MR) is 38.9 cm³/mol. The van der Waals surface area contributed by atoms with Gasteiger partial charge in [0, 0.05) is 0 Å². The highest BCUT2D eigenvalue weighted by molar-refractivity contribution is 8.15. The van der Waals surface area contributed by atoms with Crippen LogP contribution in [0.15, 0.2) is 9.98 Å². The molecule has 0 fully saturated rings. The second-order valence-electron chi connectivity index (χ2n) is 1.55. The summed E-state index contributed by atoms with van der Waals surface area (Å²) in [7, 11) is 0. The Balaban J connectivity index is 2.66. The van der Waals surface area contributed by atoms with Crippen molar-refractivity contribution in [2.24, 2.45) is 9.98 Å². The Kier molecular flexibility index (Phi) is 1.68. The average Bonchev–Trinajstić information content (AvgIpc) is 2.14. The predicted octanol–water partition coefficient (Wildman–Crippen LogP) is 1.18. The van der Waals surface area contributed by atoms with Crippen molar-refractivity contribution in [1.82, 2.24) is 0 Å². The highest BCUT2D eigenvalue weighted by Crippen LogP contribution is 2.05. The van der Waals surface area contributed by atoms with Gasteiger partial charge in [-0.1, -0.05) is 0 Å².